The Labute approximate surface area is 162 Å². The first kappa shape index (κ1) is 19.1. The van der Waals surface area contributed by atoms with Gasteiger partial charge in [-0.1, -0.05) is 18.2 Å². The molecule has 0 aliphatic carbocycles. The molecule has 0 bridgehead atoms. The van der Waals surface area contributed by atoms with Gasteiger partial charge in [-0.3, -0.25) is 9.59 Å². The Morgan fingerprint density at radius 2 is 1.93 bits per heavy atom. The first-order chi connectivity index (χ1) is 13.1. The quantitative estimate of drug-likeness (QED) is 0.826. The summed E-state index contributed by atoms with van der Waals surface area (Å²) in [7, 11) is 3.17. The van der Waals surface area contributed by atoms with Crippen LogP contribution in [0.1, 0.15) is 15.9 Å². The van der Waals surface area contributed by atoms with Gasteiger partial charge < -0.3 is 19.7 Å². The third-order valence-corrected chi connectivity index (χ3v) is 5.42. The van der Waals surface area contributed by atoms with Crippen LogP contribution in [0.3, 0.4) is 0 Å². The minimum Gasteiger partial charge on any atom is -0.497 e. The van der Waals surface area contributed by atoms with Gasteiger partial charge in [-0.2, -0.15) is 0 Å². The van der Waals surface area contributed by atoms with Crippen molar-refractivity contribution in [3.8, 4) is 11.5 Å². The number of amides is 2. The summed E-state index contributed by atoms with van der Waals surface area (Å²) in [6.07, 6.45) is 0. The molecule has 1 atom stereocenters. The lowest BCUT2D eigenvalue weighted by Gasteiger charge is -2.23. The van der Waals surface area contributed by atoms with Gasteiger partial charge >= 0.3 is 0 Å². The fourth-order valence-electron chi connectivity index (χ4n) is 2.93. The maximum absolute atomic E-state index is 12.7. The van der Waals surface area contributed by atoms with Crippen molar-refractivity contribution >= 4 is 23.6 Å². The van der Waals surface area contributed by atoms with Crippen LogP contribution in [0.2, 0.25) is 0 Å². The number of methoxy groups -OCH3 is 2. The van der Waals surface area contributed by atoms with Crippen LogP contribution >= 0.6 is 11.8 Å². The maximum Gasteiger partial charge on any atom is 0.255 e. The Balaban J connectivity index is 1.68. The lowest BCUT2D eigenvalue weighted by atomic mass is 10.1. The van der Waals surface area contributed by atoms with Gasteiger partial charge in [-0.15, -0.1) is 11.8 Å². The number of nitrogens with zero attached hydrogens (tertiary/aromatic N) is 1. The predicted molar refractivity (Wildman–Crippen MR) is 105 cm³/mol. The number of nitrogens with one attached hydrogen (secondary N) is 1. The monoisotopic (exact) mass is 386 g/mol. The molecule has 2 aromatic rings. The van der Waals surface area contributed by atoms with Crippen molar-refractivity contribution in [1.29, 1.82) is 0 Å². The summed E-state index contributed by atoms with van der Waals surface area (Å²) in [5.41, 5.74) is 1.41. The number of carbonyl (C=O) groups is 2. The summed E-state index contributed by atoms with van der Waals surface area (Å²) in [4.78, 5) is 27.1. The van der Waals surface area contributed by atoms with Crippen molar-refractivity contribution < 1.29 is 19.1 Å². The van der Waals surface area contributed by atoms with E-state index in [0.717, 1.165) is 5.56 Å². The molecule has 0 aromatic heterocycles. The molecule has 27 heavy (non-hydrogen) atoms. The second kappa shape index (κ2) is 8.81. The van der Waals surface area contributed by atoms with Crippen LogP contribution in [-0.2, 0) is 11.3 Å². The molecule has 1 saturated heterocycles. The van der Waals surface area contributed by atoms with Crippen molar-refractivity contribution in [3.05, 3.63) is 59.7 Å². The summed E-state index contributed by atoms with van der Waals surface area (Å²) in [6.45, 7) is 0.299. The molecular weight excluding hydrogens is 364 g/mol. The van der Waals surface area contributed by atoms with E-state index in [0.29, 0.717) is 35.2 Å². The predicted octanol–water partition coefficient (Wildman–Crippen LogP) is 2.54. The summed E-state index contributed by atoms with van der Waals surface area (Å²) < 4.78 is 10.6. The van der Waals surface area contributed by atoms with Gasteiger partial charge in [0, 0.05) is 23.4 Å². The van der Waals surface area contributed by atoms with Crippen LogP contribution in [0.4, 0.5) is 0 Å². The minimum absolute atomic E-state index is 0.125. The number of thioether (sulfide) groups is 1. The van der Waals surface area contributed by atoms with Crippen molar-refractivity contribution in [2.75, 3.05) is 25.8 Å². The smallest absolute Gasteiger partial charge is 0.255 e. The summed E-state index contributed by atoms with van der Waals surface area (Å²) in [5.74, 6) is 2.16. The van der Waals surface area contributed by atoms with Gasteiger partial charge in [0.2, 0.25) is 5.91 Å². The standard InChI is InChI=1S/C20H22N2O4S/c1-25-16-8-9-18(26-2)15(10-16)11-21-19(23)17-12-27-13-22(17)20(24)14-6-4-3-5-7-14/h3-10,17H,11-13H2,1-2H3,(H,21,23). The molecule has 0 saturated carbocycles. The van der Waals surface area contributed by atoms with E-state index in [1.165, 1.54) is 0 Å². The van der Waals surface area contributed by atoms with Crippen LogP contribution in [0.15, 0.2) is 48.5 Å². The van der Waals surface area contributed by atoms with Crippen LogP contribution in [-0.4, -0.2) is 48.6 Å². The van der Waals surface area contributed by atoms with Gasteiger partial charge in [0.05, 0.1) is 20.1 Å². The normalized spacial score (nSPS) is 16.1. The summed E-state index contributed by atoms with van der Waals surface area (Å²) >= 11 is 1.58. The number of carbonyl (C=O) groups excluding carboxylic acids is 2. The van der Waals surface area contributed by atoms with Crippen LogP contribution in [0.25, 0.3) is 0 Å². The molecule has 1 N–H and O–H groups in total. The molecule has 1 aliphatic rings. The van der Waals surface area contributed by atoms with Crippen molar-refractivity contribution in [2.45, 2.75) is 12.6 Å². The summed E-state index contributed by atoms with van der Waals surface area (Å²) in [6, 6.07) is 14.0. The Bertz CT molecular complexity index is 813. The number of hydrogen-bond donors (Lipinski definition) is 1. The number of rotatable bonds is 6. The fourth-order valence-corrected chi connectivity index (χ4v) is 4.08. The SMILES string of the molecule is COc1ccc(OC)c(CNC(=O)C2CSCN2C(=O)c2ccccc2)c1. The van der Waals surface area contributed by atoms with Gasteiger partial charge in [0.1, 0.15) is 17.5 Å². The van der Waals surface area contributed by atoms with E-state index in [2.05, 4.69) is 5.32 Å². The Kier molecular flexibility index (Phi) is 6.24. The fraction of sp³-hybridized carbons (Fsp3) is 0.300. The Morgan fingerprint density at radius 1 is 1.15 bits per heavy atom. The highest BCUT2D eigenvalue weighted by molar-refractivity contribution is 7.99. The van der Waals surface area contributed by atoms with Crippen molar-refractivity contribution in [3.63, 3.8) is 0 Å². The molecule has 6 nitrogen and oxygen atoms in total. The van der Waals surface area contributed by atoms with E-state index in [4.69, 9.17) is 9.47 Å². The number of benzene rings is 2. The molecule has 1 aliphatic heterocycles. The average molecular weight is 386 g/mol. The van der Waals surface area contributed by atoms with Gasteiger partial charge in [-0.25, -0.2) is 0 Å². The molecule has 2 aromatic carbocycles. The summed E-state index contributed by atoms with van der Waals surface area (Å²) in [5, 5.41) is 2.92. The molecular formula is C20H22N2O4S. The molecule has 142 valence electrons. The first-order valence-electron chi connectivity index (χ1n) is 8.56. The molecule has 1 unspecified atom stereocenters. The van der Waals surface area contributed by atoms with Crippen molar-refractivity contribution in [1.82, 2.24) is 10.2 Å². The lowest BCUT2D eigenvalue weighted by Crippen LogP contribution is -2.47. The Hall–Kier alpha value is -2.67. The zero-order valence-corrected chi connectivity index (χ0v) is 16.1. The van der Waals surface area contributed by atoms with E-state index in [-0.39, 0.29) is 11.8 Å². The van der Waals surface area contributed by atoms with Crippen molar-refractivity contribution in [2.24, 2.45) is 0 Å². The van der Waals surface area contributed by atoms with E-state index < -0.39 is 6.04 Å². The van der Waals surface area contributed by atoms with Crippen LogP contribution in [0.5, 0.6) is 11.5 Å². The highest BCUT2D eigenvalue weighted by Crippen LogP contribution is 2.25. The average Bonchev–Trinajstić information content (AvgIpc) is 3.21. The zero-order chi connectivity index (χ0) is 19.2. The van der Waals surface area contributed by atoms with Crippen LogP contribution < -0.4 is 14.8 Å². The molecule has 0 radical (unpaired) electrons. The van der Waals surface area contributed by atoms with E-state index >= 15 is 0 Å². The Morgan fingerprint density at radius 3 is 2.63 bits per heavy atom. The maximum atomic E-state index is 12.7. The second-order valence-corrected chi connectivity index (χ2v) is 7.05. The molecule has 3 rings (SSSR count). The third kappa shape index (κ3) is 4.36. The number of ether oxygens (including phenoxy) is 2. The van der Waals surface area contributed by atoms with Gasteiger partial charge in [0.25, 0.3) is 5.91 Å². The minimum atomic E-state index is -0.487. The molecule has 1 fully saturated rings. The van der Waals surface area contributed by atoms with Crippen LogP contribution in [0, 0.1) is 0 Å². The van der Waals surface area contributed by atoms with E-state index in [9.17, 15) is 9.59 Å². The van der Waals surface area contributed by atoms with E-state index in [1.54, 1.807) is 55.1 Å². The third-order valence-electron chi connectivity index (χ3n) is 4.41. The highest BCUT2D eigenvalue weighted by atomic mass is 32.2. The second-order valence-electron chi connectivity index (χ2n) is 6.05. The molecule has 2 amide bonds. The van der Waals surface area contributed by atoms with E-state index in [1.807, 2.05) is 24.3 Å². The molecule has 1 heterocycles. The van der Waals surface area contributed by atoms with Gasteiger partial charge in [-0.05, 0) is 30.3 Å². The first-order valence-corrected chi connectivity index (χ1v) is 9.72. The topological polar surface area (TPSA) is 67.9 Å². The van der Waals surface area contributed by atoms with Gasteiger partial charge in [0.15, 0.2) is 0 Å². The largest absolute Gasteiger partial charge is 0.497 e. The number of hydrogen-bond acceptors (Lipinski definition) is 5. The molecule has 7 heteroatoms. The highest BCUT2D eigenvalue weighted by Gasteiger charge is 2.35. The zero-order valence-electron chi connectivity index (χ0n) is 15.3. The lowest BCUT2D eigenvalue weighted by molar-refractivity contribution is -0.124. The molecule has 0 spiro atoms.